The predicted octanol–water partition coefficient (Wildman–Crippen LogP) is 2.26. The molecule has 1 aliphatic heterocycles. The number of aryl methyl sites for hydroxylation is 1. The second-order valence-corrected chi connectivity index (χ2v) is 7.93. The van der Waals surface area contributed by atoms with E-state index in [-0.39, 0.29) is 6.61 Å². The van der Waals surface area contributed by atoms with Crippen molar-refractivity contribution in [3.05, 3.63) is 42.2 Å². The first-order valence-electron chi connectivity index (χ1n) is 10.9. The summed E-state index contributed by atoms with van der Waals surface area (Å²) in [7, 11) is 0. The first kappa shape index (κ1) is 21.5. The third-order valence-corrected chi connectivity index (χ3v) is 5.70. The summed E-state index contributed by atoms with van der Waals surface area (Å²) in [5.74, 6) is 0.882. The Balaban J connectivity index is 1.35. The van der Waals surface area contributed by atoms with Gasteiger partial charge < -0.3 is 26.0 Å². The number of benzene rings is 1. The Morgan fingerprint density at radius 3 is 2.71 bits per heavy atom. The van der Waals surface area contributed by atoms with Gasteiger partial charge in [-0.2, -0.15) is 0 Å². The highest BCUT2D eigenvalue weighted by Crippen LogP contribution is 2.34. The summed E-state index contributed by atoms with van der Waals surface area (Å²) >= 11 is 0. The summed E-state index contributed by atoms with van der Waals surface area (Å²) in [6.45, 7) is 0.508. The van der Waals surface area contributed by atoms with Crippen LogP contribution in [0.5, 0.6) is 0 Å². The van der Waals surface area contributed by atoms with Gasteiger partial charge in [0.1, 0.15) is 18.7 Å². The van der Waals surface area contributed by atoms with Crippen molar-refractivity contribution < 1.29 is 14.9 Å². The fourth-order valence-electron chi connectivity index (χ4n) is 4.01. The molecule has 0 radical (unpaired) electrons. The number of nitrogen functional groups attached to an aromatic ring is 1. The Kier molecular flexibility index (Phi) is 6.96. The molecule has 0 amide bonds. The van der Waals surface area contributed by atoms with Crippen LogP contribution in [0.3, 0.4) is 0 Å². The third kappa shape index (κ3) is 4.95. The molecule has 4 rings (SSSR count). The summed E-state index contributed by atoms with van der Waals surface area (Å²) in [6, 6.07) is 10.5. The molecule has 3 aromatic rings. The van der Waals surface area contributed by atoms with Crippen molar-refractivity contribution in [3.8, 4) is 0 Å². The zero-order chi connectivity index (χ0) is 21.6. The maximum atomic E-state index is 10.2. The summed E-state index contributed by atoms with van der Waals surface area (Å²) in [5.41, 5.74) is 8.42. The quantitative estimate of drug-likeness (QED) is 0.363. The van der Waals surface area contributed by atoms with Crippen LogP contribution in [0.2, 0.25) is 0 Å². The van der Waals surface area contributed by atoms with Gasteiger partial charge in [0.05, 0.1) is 12.7 Å². The molecule has 0 aliphatic carbocycles. The van der Waals surface area contributed by atoms with Gasteiger partial charge in [0, 0.05) is 13.0 Å². The van der Waals surface area contributed by atoms with Gasteiger partial charge in [-0.25, -0.2) is 15.0 Å². The molecule has 2 aromatic heterocycles. The summed E-state index contributed by atoms with van der Waals surface area (Å²) in [4.78, 5) is 12.9. The van der Waals surface area contributed by atoms with Crippen molar-refractivity contribution in [2.75, 3.05) is 24.2 Å². The molecule has 1 fully saturated rings. The van der Waals surface area contributed by atoms with E-state index in [2.05, 4.69) is 44.5 Å². The van der Waals surface area contributed by atoms with Crippen LogP contribution in [-0.4, -0.2) is 55.1 Å². The van der Waals surface area contributed by atoms with E-state index < -0.39 is 18.4 Å². The molecular weight excluding hydrogens is 396 g/mol. The molecule has 3 heterocycles. The van der Waals surface area contributed by atoms with Crippen LogP contribution < -0.4 is 11.1 Å². The molecule has 9 heteroatoms. The zero-order valence-electron chi connectivity index (χ0n) is 17.5. The highest BCUT2D eigenvalue weighted by atomic mass is 16.5. The minimum absolute atomic E-state index is 0.243. The van der Waals surface area contributed by atoms with E-state index in [4.69, 9.17) is 10.5 Å². The Morgan fingerprint density at radius 1 is 1.13 bits per heavy atom. The number of fused-ring (bicyclic) bond motifs is 1. The van der Waals surface area contributed by atoms with Crippen LogP contribution in [-0.2, 0) is 11.2 Å². The number of aromatic nitrogens is 4. The molecule has 1 saturated heterocycles. The van der Waals surface area contributed by atoms with Gasteiger partial charge in [-0.3, -0.25) is 4.57 Å². The number of hydrogen-bond donors (Lipinski definition) is 4. The predicted molar refractivity (Wildman–Crippen MR) is 118 cm³/mol. The molecule has 0 bridgehead atoms. The number of nitrogens with one attached hydrogen (secondary N) is 1. The van der Waals surface area contributed by atoms with E-state index in [0.717, 1.165) is 25.8 Å². The van der Waals surface area contributed by atoms with Crippen molar-refractivity contribution in [2.24, 2.45) is 0 Å². The number of aliphatic hydroxyl groups excluding tert-OH is 2. The molecule has 9 nitrogen and oxygen atoms in total. The van der Waals surface area contributed by atoms with Gasteiger partial charge in [-0.05, 0) is 24.8 Å². The molecule has 166 valence electrons. The first-order chi connectivity index (χ1) is 15.2. The highest BCUT2D eigenvalue weighted by Gasteiger charge is 2.36. The number of nitrogens with two attached hydrogens (primary N) is 1. The molecule has 31 heavy (non-hydrogen) atoms. The Hall–Kier alpha value is -2.75. The minimum atomic E-state index is -0.746. The van der Waals surface area contributed by atoms with Gasteiger partial charge in [0.2, 0.25) is 5.95 Å². The first-order valence-corrected chi connectivity index (χ1v) is 10.9. The van der Waals surface area contributed by atoms with E-state index in [1.54, 1.807) is 0 Å². The molecule has 1 aliphatic rings. The Labute approximate surface area is 181 Å². The summed E-state index contributed by atoms with van der Waals surface area (Å²) in [6.07, 6.45) is 5.44. The van der Waals surface area contributed by atoms with Crippen LogP contribution in [0.15, 0.2) is 36.7 Å². The number of rotatable bonds is 10. The highest BCUT2D eigenvalue weighted by molar-refractivity contribution is 5.84. The van der Waals surface area contributed by atoms with Crippen molar-refractivity contribution in [3.63, 3.8) is 0 Å². The summed E-state index contributed by atoms with van der Waals surface area (Å²) in [5, 5.41) is 22.9. The van der Waals surface area contributed by atoms with Gasteiger partial charge in [-0.15, -0.1) is 0 Å². The molecule has 5 N–H and O–H groups in total. The van der Waals surface area contributed by atoms with Crippen molar-refractivity contribution >= 4 is 22.9 Å². The number of anilines is 2. The second-order valence-electron chi connectivity index (χ2n) is 7.93. The molecule has 1 aromatic carbocycles. The second kappa shape index (κ2) is 10.0. The fraction of sp³-hybridized carbons (Fsp3) is 0.500. The van der Waals surface area contributed by atoms with Gasteiger partial charge >= 0.3 is 0 Å². The lowest BCUT2D eigenvalue weighted by atomic mass is 10.1. The van der Waals surface area contributed by atoms with Crippen LogP contribution in [0, 0.1) is 0 Å². The van der Waals surface area contributed by atoms with Crippen LogP contribution in [0.4, 0.5) is 11.8 Å². The number of nitrogens with zero attached hydrogens (tertiary/aromatic N) is 4. The van der Waals surface area contributed by atoms with Crippen LogP contribution >= 0.6 is 0 Å². The van der Waals surface area contributed by atoms with Gasteiger partial charge in [-0.1, -0.05) is 43.2 Å². The lowest BCUT2D eigenvalue weighted by Crippen LogP contribution is -2.24. The van der Waals surface area contributed by atoms with E-state index in [1.807, 2.05) is 10.6 Å². The van der Waals surface area contributed by atoms with Crippen LogP contribution in [0.1, 0.15) is 43.9 Å². The lowest BCUT2D eigenvalue weighted by Gasteiger charge is -2.17. The van der Waals surface area contributed by atoms with Crippen molar-refractivity contribution in [2.45, 2.75) is 57.0 Å². The average Bonchev–Trinajstić information content (AvgIpc) is 3.34. The maximum Gasteiger partial charge on any atom is 0.207 e. The van der Waals surface area contributed by atoms with E-state index >= 15 is 0 Å². The van der Waals surface area contributed by atoms with E-state index in [0.29, 0.717) is 29.4 Å². The topological polar surface area (TPSA) is 131 Å². The van der Waals surface area contributed by atoms with Gasteiger partial charge in [0.25, 0.3) is 0 Å². The summed E-state index contributed by atoms with van der Waals surface area (Å²) < 4.78 is 7.65. The normalized spacial score (nSPS) is 21.0. The molecule has 0 unspecified atom stereocenters. The Morgan fingerprint density at radius 2 is 1.94 bits per heavy atom. The Bertz CT molecular complexity index is 980. The van der Waals surface area contributed by atoms with E-state index in [9.17, 15) is 10.2 Å². The monoisotopic (exact) mass is 426 g/mol. The van der Waals surface area contributed by atoms with Crippen LogP contribution in [0.25, 0.3) is 11.2 Å². The molecular formula is C22H30N6O3. The standard InChI is InChI=1S/C22H30N6O3/c23-20-19-21(26-14-25-20)28(18-12-16(30)17(13-29)31-18)22(27-19)24-11-7-2-1-4-8-15-9-5-3-6-10-15/h3,5-6,9-10,14,16-18,29-30H,1-2,4,7-8,11-13H2,(H,24,27)(H2,23,25,26)/t16-,17+,18+/m0/s1. The molecule has 3 atom stereocenters. The fourth-order valence-corrected chi connectivity index (χ4v) is 4.01. The smallest absolute Gasteiger partial charge is 0.207 e. The third-order valence-electron chi connectivity index (χ3n) is 5.70. The van der Waals surface area contributed by atoms with Crippen molar-refractivity contribution in [1.29, 1.82) is 0 Å². The number of hydrogen-bond acceptors (Lipinski definition) is 8. The zero-order valence-corrected chi connectivity index (χ0v) is 17.5. The SMILES string of the molecule is Nc1ncnc2c1nc(NCCCCCCc1ccccc1)n2[C@H]1C[C@H](O)[C@@H](CO)O1. The lowest BCUT2D eigenvalue weighted by molar-refractivity contribution is -0.0425. The maximum absolute atomic E-state index is 10.2. The van der Waals surface area contributed by atoms with Crippen molar-refractivity contribution in [1.82, 2.24) is 19.5 Å². The number of aliphatic hydroxyl groups is 2. The molecule has 0 spiro atoms. The number of ether oxygens (including phenoxy) is 1. The molecule has 0 saturated carbocycles. The largest absolute Gasteiger partial charge is 0.394 e. The van der Waals surface area contributed by atoms with Gasteiger partial charge in [0.15, 0.2) is 17.0 Å². The number of unbranched alkanes of at least 4 members (excludes halogenated alkanes) is 3. The van der Waals surface area contributed by atoms with E-state index in [1.165, 1.54) is 24.7 Å². The average molecular weight is 427 g/mol. The number of imidazole rings is 1. The minimum Gasteiger partial charge on any atom is -0.394 e.